The van der Waals surface area contributed by atoms with Crippen LogP contribution in [0, 0.1) is 17.8 Å². The highest BCUT2D eigenvalue weighted by molar-refractivity contribution is 5.89. The highest BCUT2D eigenvalue weighted by atomic mass is 16.4. The molecule has 21 heavy (non-hydrogen) atoms. The summed E-state index contributed by atoms with van der Waals surface area (Å²) in [5.41, 5.74) is 0. The van der Waals surface area contributed by atoms with E-state index in [1.807, 2.05) is 13.8 Å². The molecule has 1 rings (SSSR count). The van der Waals surface area contributed by atoms with Crippen LogP contribution in [0.25, 0.3) is 0 Å². The Kier molecular flexibility index (Phi) is 6.65. The topological polar surface area (TPSA) is 86.7 Å². The summed E-state index contributed by atoms with van der Waals surface area (Å²) in [6, 6.07) is 0. The van der Waals surface area contributed by atoms with Gasteiger partial charge in [0.25, 0.3) is 0 Å². The number of aliphatic carboxylic acids is 1. The fourth-order valence-electron chi connectivity index (χ4n) is 3.05. The zero-order chi connectivity index (χ0) is 16.0. The largest absolute Gasteiger partial charge is 0.481 e. The molecule has 0 bridgehead atoms. The summed E-state index contributed by atoms with van der Waals surface area (Å²) in [6.07, 6.45) is 2.80. The van der Waals surface area contributed by atoms with Gasteiger partial charge in [-0.3, -0.25) is 14.4 Å². The Balaban J connectivity index is 2.85. The molecule has 0 aromatic rings. The van der Waals surface area contributed by atoms with Crippen LogP contribution >= 0.6 is 0 Å². The molecule has 1 unspecified atom stereocenters. The lowest BCUT2D eigenvalue weighted by molar-refractivity contribution is -0.149. The molecule has 1 fully saturated rings. The summed E-state index contributed by atoms with van der Waals surface area (Å²) < 4.78 is 0. The third kappa shape index (κ3) is 4.44. The Morgan fingerprint density at radius 1 is 1.19 bits per heavy atom. The second-order valence-corrected chi connectivity index (χ2v) is 5.73. The number of carboxylic acids is 1. The van der Waals surface area contributed by atoms with Crippen molar-refractivity contribution in [2.75, 3.05) is 20.1 Å². The maximum Gasteiger partial charge on any atom is 0.307 e. The standard InChI is InChI=1S/C15H26N2O4/c1-4-6-17(9-13(18)16-3)14(19)11-7-10(5-2)8-12(11)15(20)21/h10-12H,4-9H2,1-3H3,(H,16,18)(H,20,21)/t10?,11-,12+/m0/s1. The van der Waals surface area contributed by atoms with E-state index in [4.69, 9.17) is 0 Å². The lowest BCUT2D eigenvalue weighted by Crippen LogP contribution is -2.44. The van der Waals surface area contributed by atoms with Crippen LogP contribution < -0.4 is 5.32 Å². The molecule has 3 atom stereocenters. The molecule has 0 radical (unpaired) electrons. The molecule has 6 heteroatoms. The monoisotopic (exact) mass is 298 g/mol. The van der Waals surface area contributed by atoms with E-state index in [0.717, 1.165) is 12.8 Å². The van der Waals surface area contributed by atoms with Gasteiger partial charge in [0, 0.05) is 13.6 Å². The lowest BCUT2D eigenvalue weighted by atomic mass is 9.94. The van der Waals surface area contributed by atoms with Crippen LogP contribution in [0.5, 0.6) is 0 Å². The average molecular weight is 298 g/mol. The van der Waals surface area contributed by atoms with Crippen LogP contribution in [0.4, 0.5) is 0 Å². The number of amides is 2. The van der Waals surface area contributed by atoms with Gasteiger partial charge in [0.05, 0.1) is 18.4 Å². The minimum atomic E-state index is -0.902. The van der Waals surface area contributed by atoms with Crippen LogP contribution in [-0.2, 0) is 14.4 Å². The van der Waals surface area contributed by atoms with Gasteiger partial charge in [0.15, 0.2) is 0 Å². The van der Waals surface area contributed by atoms with Crippen molar-refractivity contribution in [2.24, 2.45) is 17.8 Å². The van der Waals surface area contributed by atoms with E-state index in [0.29, 0.717) is 19.4 Å². The fraction of sp³-hybridized carbons (Fsp3) is 0.800. The number of rotatable bonds is 7. The zero-order valence-electron chi connectivity index (χ0n) is 13.1. The van der Waals surface area contributed by atoms with E-state index in [-0.39, 0.29) is 24.3 Å². The molecule has 0 aromatic heterocycles. The molecule has 0 spiro atoms. The van der Waals surface area contributed by atoms with Gasteiger partial charge < -0.3 is 15.3 Å². The van der Waals surface area contributed by atoms with Gasteiger partial charge in [-0.2, -0.15) is 0 Å². The highest BCUT2D eigenvalue weighted by Gasteiger charge is 2.43. The maximum absolute atomic E-state index is 12.6. The van der Waals surface area contributed by atoms with Crippen LogP contribution in [-0.4, -0.2) is 47.9 Å². The molecule has 6 nitrogen and oxygen atoms in total. The number of carbonyl (C=O) groups excluding carboxylic acids is 2. The van der Waals surface area contributed by atoms with Gasteiger partial charge in [0.1, 0.15) is 0 Å². The number of nitrogens with zero attached hydrogens (tertiary/aromatic N) is 1. The van der Waals surface area contributed by atoms with Crippen molar-refractivity contribution in [3.05, 3.63) is 0 Å². The van der Waals surface area contributed by atoms with Crippen LogP contribution in [0.1, 0.15) is 39.5 Å². The third-order valence-electron chi connectivity index (χ3n) is 4.29. The molecule has 0 saturated heterocycles. The van der Waals surface area contributed by atoms with Gasteiger partial charge >= 0.3 is 5.97 Å². The normalized spacial score (nSPS) is 24.6. The van der Waals surface area contributed by atoms with Crippen molar-refractivity contribution in [3.8, 4) is 0 Å². The maximum atomic E-state index is 12.6. The first-order chi connectivity index (χ1) is 9.94. The first kappa shape index (κ1) is 17.5. The quantitative estimate of drug-likeness (QED) is 0.737. The molecule has 0 aliphatic heterocycles. The molecule has 1 aliphatic carbocycles. The first-order valence-electron chi connectivity index (χ1n) is 7.66. The number of hydrogen-bond acceptors (Lipinski definition) is 3. The van der Waals surface area contributed by atoms with Gasteiger partial charge in [-0.25, -0.2) is 0 Å². The van der Waals surface area contributed by atoms with Crippen LogP contribution in [0.2, 0.25) is 0 Å². The van der Waals surface area contributed by atoms with Crippen molar-refractivity contribution in [2.45, 2.75) is 39.5 Å². The van der Waals surface area contributed by atoms with Gasteiger partial charge in [-0.1, -0.05) is 20.3 Å². The number of carboxylic acid groups (broad SMARTS) is 1. The third-order valence-corrected chi connectivity index (χ3v) is 4.29. The van der Waals surface area contributed by atoms with E-state index in [9.17, 15) is 19.5 Å². The van der Waals surface area contributed by atoms with E-state index < -0.39 is 17.8 Å². The smallest absolute Gasteiger partial charge is 0.307 e. The molecular weight excluding hydrogens is 272 g/mol. The average Bonchev–Trinajstić information content (AvgIpc) is 2.90. The van der Waals surface area contributed by atoms with Crippen LogP contribution in [0.15, 0.2) is 0 Å². The molecule has 1 aliphatic rings. The predicted molar refractivity (Wildman–Crippen MR) is 78.6 cm³/mol. The Bertz CT molecular complexity index is 397. The van der Waals surface area contributed by atoms with E-state index in [1.165, 1.54) is 11.9 Å². The highest BCUT2D eigenvalue weighted by Crippen LogP contribution is 2.39. The molecule has 2 amide bonds. The van der Waals surface area contributed by atoms with Crippen molar-refractivity contribution >= 4 is 17.8 Å². The molecule has 0 heterocycles. The van der Waals surface area contributed by atoms with Crippen molar-refractivity contribution < 1.29 is 19.5 Å². The summed E-state index contributed by atoms with van der Waals surface area (Å²) in [5, 5.41) is 11.8. The predicted octanol–water partition coefficient (Wildman–Crippen LogP) is 1.11. The SMILES string of the molecule is CCCN(CC(=O)NC)C(=O)[C@H]1CC(CC)C[C@H]1C(=O)O. The van der Waals surface area contributed by atoms with Gasteiger partial charge in [-0.05, 0) is 25.2 Å². The summed E-state index contributed by atoms with van der Waals surface area (Å²) in [6.45, 7) is 4.43. The van der Waals surface area contributed by atoms with Gasteiger partial charge in [-0.15, -0.1) is 0 Å². The van der Waals surface area contributed by atoms with Crippen molar-refractivity contribution in [1.82, 2.24) is 10.2 Å². The summed E-state index contributed by atoms with van der Waals surface area (Å²) in [7, 11) is 1.53. The molecule has 1 saturated carbocycles. The van der Waals surface area contributed by atoms with Crippen LogP contribution in [0.3, 0.4) is 0 Å². The van der Waals surface area contributed by atoms with Crippen molar-refractivity contribution in [3.63, 3.8) is 0 Å². The number of nitrogens with one attached hydrogen (secondary N) is 1. The summed E-state index contributed by atoms with van der Waals surface area (Å²) in [5.74, 6) is -2.16. The number of likely N-dealkylation sites (N-methyl/N-ethyl adjacent to an activating group) is 1. The Labute approximate surface area is 125 Å². The van der Waals surface area contributed by atoms with E-state index in [1.54, 1.807) is 0 Å². The van der Waals surface area contributed by atoms with Crippen molar-refractivity contribution in [1.29, 1.82) is 0 Å². The Morgan fingerprint density at radius 2 is 1.81 bits per heavy atom. The second-order valence-electron chi connectivity index (χ2n) is 5.73. The van der Waals surface area contributed by atoms with E-state index >= 15 is 0 Å². The lowest BCUT2D eigenvalue weighted by Gasteiger charge is -2.26. The molecule has 0 aromatic carbocycles. The summed E-state index contributed by atoms with van der Waals surface area (Å²) in [4.78, 5) is 37.1. The number of carbonyl (C=O) groups is 3. The second kappa shape index (κ2) is 8.00. The Hall–Kier alpha value is -1.59. The first-order valence-corrected chi connectivity index (χ1v) is 7.66. The molecular formula is C15H26N2O4. The fourth-order valence-corrected chi connectivity index (χ4v) is 3.05. The zero-order valence-corrected chi connectivity index (χ0v) is 13.1. The summed E-state index contributed by atoms with van der Waals surface area (Å²) >= 11 is 0. The van der Waals surface area contributed by atoms with E-state index in [2.05, 4.69) is 5.32 Å². The molecule has 120 valence electrons. The molecule has 2 N–H and O–H groups in total. The Morgan fingerprint density at radius 3 is 2.29 bits per heavy atom. The number of hydrogen-bond donors (Lipinski definition) is 2. The van der Waals surface area contributed by atoms with Gasteiger partial charge in [0.2, 0.25) is 11.8 Å². The minimum Gasteiger partial charge on any atom is -0.481 e. The minimum absolute atomic E-state index is 0.00278.